The Balaban J connectivity index is 1.35. The number of alkyl carbamates (subject to hydrolysis) is 1. The first kappa shape index (κ1) is 24.1. The van der Waals surface area contributed by atoms with Crippen LogP contribution in [0.5, 0.6) is 0 Å². The number of carbonyl (C=O) groups excluding carboxylic acids is 2. The molecule has 2 amide bonds. The number of nitrogens with one attached hydrogen (secondary N) is 1. The molecule has 0 spiro atoms. The van der Waals surface area contributed by atoms with Gasteiger partial charge in [-0.1, -0.05) is 62.4 Å². The summed E-state index contributed by atoms with van der Waals surface area (Å²) in [5, 5.41) is 12.1. The Hall–Kier alpha value is -3.00. The van der Waals surface area contributed by atoms with Crippen molar-refractivity contribution in [3.8, 4) is 11.1 Å². The lowest BCUT2D eigenvalue weighted by atomic mass is 9.98. The van der Waals surface area contributed by atoms with E-state index in [1.807, 2.05) is 38.1 Å². The van der Waals surface area contributed by atoms with Gasteiger partial charge in [-0.2, -0.15) is 0 Å². The first-order chi connectivity index (χ1) is 16.3. The zero-order valence-corrected chi connectivity index (χ0v) is 20.4. The summed E-state index contributed by atoms with van der Waals surface area (Å²) in [6.45, 7) is 5.86. The summed E-state index contributed by atoms with van der Waals surface area (Å²) in [5.41, 5.74) is 4.57. The number of carboxylic acid groups (broad SMARTS) is 1. The second-order valence-corrected chi connectivity index (χ2v) is 10.3. The first-order valence-corrected chi connectivity index (χ1v) is 12.6. The Labute approximate surface area is 203 Å². The van der Waals surface area contributed by atoms with Gasteiger partial charge >= 0.3 is 12.1 Å². The molecule has 2 unspecified atom stereocenters. The van der Waals surface area contributed by atoms with Gasteiger partial charge in [-0.15, -0.1) is 11.8 Å². The van der Waals surface area contributed by atoms with Crippen LogP contribution in [-0.4, -0.2) is 57.8 Å². The molecule has 8 heteroatoms. The maximum atomic E-state index is 13.0. The van der Waals surface area contributed by atoms with Crippen molar-refractivity contribution < 1.29 is 24.2 Å². The quantitative estimate of drug-likeness (QED) is 0.610. The normalized spacial score (nSPS) is 20.1. The minimum absolute atomic E-state index is 0.0117. The standard InChI is InChI=1S/C26H30N2O5S/c1-15(2)24-28(22(14-34-24)25(30)31)23(29)12-16(3)27-26(32)33-13-21-19-10-6-4-8-17(19)18-9-5-7-11-20(18)21/h4-11,15-16,21-22,24H,12-14H2,1-3H3,(H,27,32)(H,30,31)/t16-,22?,24?/m0/s1. The van der Waals surface area contributed by atoms with E-state index in [2.05, 4.69) is 29.6 Å². The predicted octanol–water partition coefficient (Wildman–Crippen LogP) is 4.31. The summed E-state index contributed by atoms with van der Waals surface area (Å²) in [4.78, 5) is 38.6. The fraction of sp³-hybridized carbons (Fsp3) is 0.423. The number of carboxylic acids is 1. The van der Waals surface area contributed by atoms with Crippen LogP contribution in [0.25, 0.3) is 11.1 Å². The third-order valence-electron chi connectivity index (χ3n) is 6.37. The number of benzene rings is 2. The summed E-state index contributed by atoms with van der Waals surface area (Å²) in [6.07, 6.45) is -0.578. The Morgan fingerprint density at radius 1 is 1.06 bits per heavy atom. The molecule has 34 heavy (non-hydrogen) atoms. The fourth-order valence-electron chi connectivity index (χ4n) is 4.81. The number of rotatable bonds is 7. The van der Waals surface area contributed by atoms with E-state index in [9.17, 15) is 19.5 Å². The molecule has 3 atom stereocenters. The van der Waals surface area contributed by atoms with E-state index in [1.54, 1.807) is 6.92 Å². The molecule has 2 aliphatic rings. The Morgan fingerprint density at radius 2 is 1.65 bits per heavy atom. The van der Waals surface area contributed by atoms with Gasteiger partial charge < -0.3 is 20.1 Å². The van der Waals surface area contributed by atoms with E-state index in [4.69, 9.17) is 4.74 Å². The molecule has 2 N–H and O–H groups in total. The van der Waals surface area contributed by atoms with Gasteiger partial charge in [0.15, 0.2) is 0 Å². The SMILES string of the molecule is CC(C)C1SCC(C(=O)O)N1C(=O)C[C@H](C)NC(=O)OCC1c2ccccc2-c2ccccc21. The van der Waals surface area contributed by atoms with Crippen molar-refractivity contribution in [3.05, 3.63) is 59.7 Å². The second kappa shape index (κ2) is 10.1. The smallest absolute Gasteiger partial charge is 0.407 e. The maximum Gasteiger partial charge on any atom is 0.407 e. The number of ether oxygens (including phenoxy) is 1. The van der Waals surface area contributed by atoms with E-state index in [0.717, 1.165) is 22.3 Å². The molecule has 2 aromatic carbocycles. The van der Waals surface area contributed by atoms with Crippen molar-refractivity contribution in [2.75, 3.05) is 12.4 Å². The summed E-state index contributed by atoms with van der Waals surface area (Å²) in [7, 11) is 0. The van der Waals surface area contributed by atoms with Crippen LogP contribution in [0.15, 0.2) is 48.5 Å². The van der Waals surface area contributed by atoms with E-state index < -0.39 is 24.1 Å². The van der Waals surface area contributed by atoms with E-state index in [1.165, 1.54) is 16.7 Å². The molecule has 1 aliphatic heterocycles. The molecule has 4 rings (SSSR count). The summed E-state index contributed by atoms with van der Waals surface area (Å²) >= 11 is 1.49. The lowest BCUT2D eigenvalue weighted by Crippen LogP contribution is -2.49. The van der Waals surface area contributed by atoms with Gasteiger partial charge in [0.2, 0.25) is 5.91 Å². The molecular weight excluding hydrogens is 452 g/mol. The minimum Gasteiger partial charge on any atom is -0.480 e. The number of hydrogen-bond acceptors (Lipinski definition) is 5. The Morgan fingerprint density at radius 3 is 2.21 bits per heavy atom. The molecule has 7 nitrogen and oxygen atoms in total. The number of hydrogen-bond donors (Lipinski definition) is 2. The molecule has 0 aromatic heterocycles. The lowest BCUT2D eigenvalue weighted by Gasteiger charge is -2.30. The third-order valence-corrected chi connectivity index (χ3v) is 7.99. The van der Waals surface area contributed by atoms with Gasteiger partial charge in [-0.25, -0.2) is 9.59 Å². The lowest BCUT2D eigenvalue weighted by molar-refractivity contribution is -0.149. The Kier molecular flexibility index (Phi) is 7.16. The van der Waals surface area contributed by atoms with Crippen molar-refractivity contribution in [2.45, 2.75) is 50.6 Å². The monoisotopic (exact) mass is 482 g/mol. The van der Waals surface area contributed by atoms with Gasteiger partial charge in [0, 0.05) is 24.1 Å². The number of carbonyl (C=O) groups is 3. The van der Waals surface area contributed by atoms with Crippen molar-refractivity contribution in [1.29, 1.82) is 0 Å². The van der Waals surface area contributed by atoms with Crippen molar-refractivity contribution in [2.24, 2.45) is 5.92 Å². The van der Waals surface area contributed by atoms with Crippen LogP contribution in [0.3, 0.4) is 0 Å². The molecular formula is C26H30N2O5S. The van der Waals surface area contributed by atoms with Crippen LogP contribution < -0.4 is 5.32 Å². The molecule has 1 saturated heterocycles. The molecule has 1 aliphatic carbocycles. The highest BCUT2D eigenvalue weighted by Crippen LogP contribution is 2.44. The van der Waals surface area contributed by atoms with Crippen LogP contribution in [0.1, 0.15) is 44.2 Å². The Bertz CT molecular complexity index is 1040. The summed E-state index contributed by atoms with van der Waals surface area (Å²) < 4.78 is 5.56. The molecule has 0 saturated carbocycles. The number of aliphatic carboxylic acids is 1. The molecule has 0 radical (unpaired) electrons. The molecule has 1 fully saturated rings. The molecule has 1 heterocycles. The highest BCUT2D eigenvalue weighted by Gasteiger charge is 2.43. The predicted molar refractivity (Wildman–Crippen MR) is 132 cm³/mol. The summed E-state index contributed by atoms with van der Waals surface area (Å²) in [5.74, 6) is -0.815. The first-order valence-electron chi connectivity index (χ1n) is 11.5. The van der Waals surface area contributed by atoms with Crippen molar-refractivity contribution in [3.63, 3.8) is 0 Å². The maximum absolute atomic E-state index is 13.0. The van der Waals surface area contributed by atoms with Gasteiger partial charge in [0.25, 0.3) is 0 Å². The van der Waals surface area contributed by atoms with E-state index in [-0.39, 0.29) is 36.1 Å². The van der Waals surface area contributed by atoms with E-state index >= 15 is 0 Å². The van der Waals surface area contributed by atoms with Gasteiger partial charge in [0.1, 0.15) is 12.6 Å². The zero-order valence-electron chi connectivity index (χ0n) is 19.6. The number of thioether (sulfide) groups is 1. The van der Waals surface area contributed by atoms with Gasteiger partial charge in [0.05, 0.1) is 5.37 Å². The molecule has 180 valence electrons. The van der Waals surface area contributed by atoms with Gasteiger partial charge in [-0.3, -0.25) is 4.79 Å². The van der Waals surface area contributed by atoms with Gasteiger partial charge in [-0.05, 0) is 35.1 Å². The fourth-order valence-corrected chi connectivity index (χ4v) is 6.30. The molecule has 0 bridgehead atoms. The highest BCUT2D eigenvalue weighted by atomic mass is 32.2. The molecule has 2 aromatic rings. The average molecular weight is 483 g/mol. The topological polar surface area (TPSA) is 95.9 Å². The number of nitrogens with zero attached hydrogens (tertiary/aromatic N) is 1. The second-order valence-electron chi connectivity index (χ2n) is 9.20. The van der Waals surface area contributed by atoms with Crippen LogP contribution >= 0.6 is 11.8 Å². The largest absolute Gasteiger partial charge is 0.480 e. The average Bonchev–Trinajstić information content (AvgIpc) is 3.38. The van der Waals surface area contributed by atoms with Crippen molar-refractivity contribution in [1.82, 2.24) is 10.2 Å². The number of amides is 2. The van der Waals surface area contributed by atoms with Crippen LogP contribution in [0.4, 0.5) is 4.79 Å². The van der Waals surface area contributed by atoms with Crippen LogP contribution in [0.2, 0.25) is 0 Å². The van der Waals surface area contributed by atoms with Crippen LogP contribution in [-0.2, 0) is 14.3 Å². The summed E-state index contributed by atoms with van der Waals surface area (Å²) in [6, 6.07) is 14.9. The minimum atomic E-state index is -0.999. The van der Waals surface area contributed by atoms with E-state index in [0.29, 0.717) is 5.75 Å². The third kappa shape index (κ3) is 4.78. The number of fused-ring (bicyclic) bond motifs is 3. The van der Waals surface area contributed by atoms with Crippen molar-refractivity contribution >= 4 is 29.7 Å². The zero-order chi connectivity index (χ0) is 24.4. The van der Waals surface area contributed by atoms with Crippen LogP contribution in [0, 0.1) is 5.92 Å². The highest BCUT2D eigenvalue weighted by molar-refractivity contribution is 8.00.